The molecular formula is C20H22ClN3O4. The predicted molar refractivity (Wildman–Crippen MR) is 107 cm³/mol. The van der Waals surface area contributed by atoms with E-state index in [1.54, 1.807) is 17.9 Å². The summed E-state index contributed by atoms with van der Waals surface area (Å²) in [7, 11) is 0. The topological polar surface area (TPSA) is 75.9 Å². The van der Waals surface area contributed by atoms with Gasteiger partial charge >= 0.3 is 5.69 Å². The van der Waals surface area contributed by atoms with Crippen molar-refractivity contribution in [1.29, 1.82) is 0 Å². The van der Waals surface area contributed by atoms with E-state index < -0.39 is 4.92 Å². The lowest BCUT2D eigenvalue weighted by atomic mass is 10.1. The highest BCUT2D eigenvalue weighted by Gasteiger charge is 2.25. The molecule has 0 unspecified atom stereocenters. The van der Waals surface area contributed by atoms with Gasteiger partial charge in [-0.05, 0) is 36.8 Å². The molecule has 0 N–H and O–H groups in total. The van der Waals surface area contributed by atoms with E-state index in [-0.39, 0.29) is 17.3 Å². The molecule has 1 saturated heterocycles. The summed E-state index contributed by atoms with van der Waals surface area (Å²) >= 11 is 6.03. The van der Waals surface area contributed by atoms with Crippen molar-refractivity contribution >= 4 is 23.2 Å². The van der Waals surface area contributed by atoms with E-state index >= 15 is 0 Å². The first kappa shape index (κ1) is 20.1. The third-order valence-corrected chi connectivity index (χ3v) is 4.89. The highest BCUT2D eigenvalue weighted by molar-refractivity contribution is 6.30. The average molecular weight is 404 g/mol. The van der Waals surface area contributed by atoms with Crippen LogP contribution < -0.4 is 4.74 Å². The number of rotatable bonds is 6. The Bertz CT molecular complexity index is 866. The lowest BCUT2D eigenvalue weighted by Crippen LogP contribution is -2.48. The molecule has 0 radical (unpaired) electrons. The van der Waals surface area contributed by atoms with E-state index in [9.17, 15) is 14.9 Å². The van der Waals surface area contributed by atoms with Crippen LogP contribution in [0.2, 0.25) is 5.02 Å². The first-order chi connectivity index (χ1) is 13.5. The molecule has 0 aromatic heterocycles. The van der Waals surface area contributed by atoms with Crippen molar-refractivity contribution in [3.63, 3.8) is 0 Å². The Morgan fingerprint density at radius 1 is 1.18 bits per heavy atom. The summed E-state index contributed by atoms with van der Waals surface area (Å²) in [5.74, 6) is -0.0241. The fourth-order valence-corrected chi connectivity index (χ4v) is 3.47. The summed E-state index contributed by atoms with van der Waals surface area (Å²) in [6.07, 6.45) is 0. The summed E-state index contributed by atoms with van der Waals surface area (Å²) in [5.41, 5.74) is 1.25. The first-order valence-corrected chi connectivity index (χ1v) is 9.53. The number of nitro groups is 1. The van der Waals surface area contributed by atoms with Crippen LogP contribution in [-0.4, -0.2) is 53.4 Å². The van der Waals surface area contributed by atoms with Gasteiger partial charge in [-0.3, -0.25) is 19.8 Å². The lowest BCUT2D eigenvalue weighted by molar-refractivity contribution is -0.385. The Labute approximate surface area is 168 Å². The van der Waals surface area contributed by atoms with Crippen molar-refractivity contribution in [2.75, 3.05) is 32.8 Å². The maximum atomic E-state index is 12.8. The van der Waals surface area contributed by atoms with Crippen LogP contribution in [-0.2, 0) is 6.54 Å². The van der Waals surface area contributed by atoms with Gasteiger partial charge in [-0.25, -0.2) is 0 Å². The molecule has 28 heavy (non-hydrogen) atoms. The third-order valence-electron chi connectivity index (χ3n) is 4.66. The molecule has 2 aromatic rings. The van der Waals surface area contributed by atoms with E-state index in [1.165, 1.54) is 12.1 Å². The van der Waals surface area contributed by atoms with Gasteiger partial charge < -0.3 is 9.64 Å². The van der Waals surface area contributed by atoms with Crippen molar-refractivity contribution in [3.8, 4) is 5.75 Å². The van der Waals surface area contributed by atoms with Crippen LogP contribution in [0.15, 0.2) is 42.5 Å². The minimum Gasteiger partial charge on any atom is -0.487 e. The highest BCUT2D eigenvalue weighted by Crippen LogP contribution is 2.28. The molecule has 1 aliphatic rings. The van der Waals surface area contributed by atoms with Crippen molar-refractivity contribution < 1.29 is 14.5 Å². The van der Waals surface area contributed by atoms with Crippen LogP contribution in [0.4, 0.5) is 5.69 Å². The van der Waals surface area contributed by atoms with Gasteiger partial charge in [0.2, 0.25) is 0 Å². The molecule has 148 valence electrons. The SMILES string of the molecule is CCOc1ccc(C(=O)N2CCN(Cc3cccc(Cl)c3)CC2)cc1[N+](=O)[O-]. The van der Waals surface area contributed by atoms with E-state index in [0.29, 0.717) is 30.3 Å². The smallest absolute Gasteiger partial charge is 0.311 e. The highest BCUT2D eigenvalue weighted by atomic mass is 35.5. The summed E-state index contributed by atoms with van der Waals surface area (Å²) in [6, 6.07) is 12.1. The largest absolute Gasteiger partial charge is 0.487 e. The number of halogens is 1. The van der Waals surface area contributed by atoms with Gasteiger partial charge in [0.25, 0.3) is 5.91 Å². The molecule has 0 aliphatic carbocycles. The van der Waals surface area contributed by atoms with E-state index in [1.807, 2.05) is 24.3 Å². The number of amides is 1. The minimum absolute atomic E-state index is 0.176. The number of nitrogens with zero attached hydrogens (tertiary/aromatic N) is 3. The Morgan fingerprint density at radius 3 is 2.57 bits per heavy atom. The van der Waals surface area contributed by atoms with Gasteiger partial charge in [-0.2, -0.15) is 0 Å². The van der Waals surface area contributed by atoms with E-state index in [2.05, 4.69) is 4.90 Å². The molecule has 1 heterocycles. The molecule has 2 aromatic carbocycles. The number of ether oxygens (including phenoxy) is 1. The zero-order valence-corrected chi connectivity index (χ0v) is 16.4. The molecule has 0 bridgehead atoms. The normalized spacial score (nSPS) is 14.7. The Hall–Kier alpha value is -2.64. The van der Waals surface area contributed by atoms with Crippen LogP contribution in [0.1, 0.15) is 22.8 Å². The van der Waals surface area contributed by atoms with Crippen LogP contribution in [0, 0.1) is 10.1 Å². The van der Waals surface area contributed by atoms with Gasteiger partial charge in [-0.1, -0.05) is 23.7 Å². The number of carbonyl (C=O) groups excluding carboxylic acids is 1. The van der Waals surface area contributed by atoms with Crippen molar-refractivity contribution in [2.45, 2.75) is 13.5 Å². The van der Waals surface area contributed by atoms with Crippen LogP contribution in [0.25, 0.3) is 0 Å². The molecule has 0 atom stereocenters. The average Bonchev–Trinajstić information content (AvgIpc) is 2.68. The predicted octanol–water partition coefficient (Wildman–Crippen LogP) is 3.60. The molecule has 1 aliphatic heterocycles. The van der Waals surface area contributed by atoms with Gasteiger partial charge in [-0.15, -0.1) is 0 Å². The fraction of sp³-hybridized carbons (Fsp3) is 0.350. The monoisotopic (exact) mass is 403 g/mol. The second-order valence-electron chi connectivity index (χ2n) is 6.57. The number of piperazine rings is 1. The maximum absolute atomic E-state index is 12.8. The Balaban J connectivity index is 1.63. The number of hydrogen-bond donors (Lipinski definition) is 0. The van der Waals surface area contributed by atoms with Crippen LogP contribution in [0.5, 0.6) is 5.75 Å². The zero-order chi connectivity index (χ0) is 20.1. The molecule has 1 amide bonds. The molecule has 8 heteroatoms. The Kier molecular flexibility index (Phi) is 6.49. The number of hydrogen-bond acceptors (Lipinski definition) is 5. The number of nitro benzene ring substituents is 1. The lowest BCUT2D eigenvalue weighted by Gasteiger charge is -2.34. The van der Waals surface area contributed by atoms with Crippen LogP contribution >= 0.6 is 11.6 Å². The Morgan fingerprint density at radius 2 is 1.93 bits per heavy atom. The van der Waals surface area contributed by atoms with E-state index in [0.717, 1.165) is 25.2 Å². The zero-order valence-electron chi connectivity index (χ0n) is 15.6. The van der Waals surface area contributed by atoms with Crippen molar-refractivity contribution in [1.82, 2.24) is 9.80 Å². The third kappa shape index (κ3) is 4.79. The van der Waals surface area contributed by atoms with Gasteiger partial charge in [0, 0.05) is 49.4 Å². The molecule has 0 saturated carbocycles. The second-order valence-corrected chi connectivity index (χ2v) is 7.01. The molecule has 3 rings (SSSR count). The summed E-state index contributed by atoms with van der Waals surface area (Å²) in [4.78, 5) is 27.5. The molecule has 7 nitrogen and oxygen atoms in total. The van der Waals surface area contributed by atoms with Gasteiger partial charge in [0.1, 0.15) is 0 Å². The molecule has 0 spiro atoms. The van der Waals surface area contributed by atoms with E-state index in [4.69, 9.17) is 16.3 Å². The first-order valence-electron chi connectivity index (χ1n) is 9.15. The minimum atomic E-state index is -0.523. The number of benzene rings is 2. The second kappa shape index (κ2) is 9.03. The summed E-state index contributed by atoms with van der Waals surface area (Å²) in [5, 5.41) is 12.0. The van der Waals surface area contributed by atoms with Crippen molar-refractivity contribution in [3.05, 3.63) is 68.7 Å². The van der Waals surface area contributed by atoms with Gasteiger partial charge in [0.15, 0.2) is 5.75 Å². The van der Waals surface area contributed by atoms with Crippen LogP contribution in [0.3, 0.4) is 0 Å². The quantitative estimate of drug-likeness (QED) is 0.544. The maximum Gasteiger partial charge on any atom is 0.311 e. The standard InChI is InChI=1S/C20H22ClN3O4/c1-2-28-19-7-6-16(13-18(19)24(26)27)20(25)23-10-8-22(9-11-23)14-15-4-3-5-17(21)12-15/h3-7,12-13H,2,8-11,14H2,1H3. The summed E-state index contributed by atoms with van der Waals surface area (Å²) in [6.45, 7) is 5.46. The fourth-order valence-electron chi connectivity index (χ4n) is 3.26. The molecule has 1 fully saturated rings. The number of carbonyl (C=O) groups is 1. The molecular weight excluding hydrogens is 382 g/mol. The van der Waals surface area contributed by atoms with Gasteiger partial charge in [0.05, 0.1) is 11.5 Å². The summed E-state index contributed by atoms with van der Waals surface area (Å²) < 4.78 is 5.27. The van der Waals surface area contributed by atoms with Crippen molar-refractivity contribution in [2.24, 2.45) is 0 Å².